The van der Waals surface area contributed by atoms with E-state index in [1.54, 1.807) is 29.2 Å². The quantitative estimate of drug-likeness (QED) is 0.541. The number of rotatable bonds is 3. The minimum atomic E-state index is -0.435. The molecule has 7 rings (SSSR count). The molecule has 2 aliphatic heterocycles. The molecule has 5 unspecified atom stereocenters. The van der Waals surface area contributed by atoms with E-state index in [0.29, 0.717) is 60.9 Å². The van der Waals surface area contributed by atoms with Gasteiger partial charge in [0.05, 0.1) is 23.8 Å². The van der Waals surface area contributed by atoms with Gasteiger partial charge in [0.1, 0.15) is 6.04 Å². The Labute approximate surface area is 262 Å². The first-order valence-corrected chi connectivity index (χ1v) is 17.3. The molecule has 1 aromatic carbocycles. The molecule has 10 atom stereocenters. The molecule has 0 bridgehead atoms. The number of aliphatic hydroxyl groups excluding tert-OH is 2. The molecular weight excluding hydrogens is 552 g/mol. The maximum atomic E-state index is 13.7. The lowest BCUT2D eigenvalue weighted by Crippen LogP contribution is -2.62. The van der Waals surface area contributed by atoms with Crippen LogP contribution in [0.4, 0.5) is 0 Å². The highest BCUT2D eigenvalue weighted by atomic mass is 16.3. The number of benzene rings is 1. The summed E-state index contributed by atoms with van der Waals surface area (Å²) in [7, 11) is 0. The van der Waals surface area contributed by atoms with Crippen LogP contribution >= 0.6 is 0 Å². The van der Waals surface area contributed by atoms with E-state index in [0.717, 1.165) is 45.2 Å². The molecule has 1 aromatic rings. The lowest BCUT2D eigenvalue weighted by molar-refractivity contribution is -0.157. The summed E-state index contributed by atoms with van der Waals surface area (Å²) < 4.78 is 0. The number of piperazine rings is 1. The van der Waals surface area contributed by atoms with Crippen molar-refractivity contribution in [3.05, 3.63) is 35.4 Å². The molecular formula is C36H50N4O4. The first kappa shape index (κ1) is 30.2. The van der Waals surface area contributed by atoms with Crippen LogP contribution in [0.2, 0.25) is 0 Å². The second kappa shape index (κ2) is 11.4. The molecule has 2 N–H and O–H groups in total. The molecule has 2 saturated heterocycles. The number of carbonyl (C=O) groups excluding carboxylic acids is 2. The third-order valence-corrected chi connectivity index (χ3v) is 13.8. The van der Waals surface area contributed by atoms with E-state index in [1.165, 1.54) is 25.7 Å². The number of carbonyl (C=O) groups is 2. The second-order valence-corrected chi connectivity index (χ2v) is 15.6. The van der Waals surface area contributed by atoms with Gasteiger partial charge in [0.15, 0.2) is 0 Å². The minimum absolute atomic E-state index is 0.0412. The van der Waals surface area contributed by atoms with Gasteiger partial charge in [0, 0.05) is 44.3 Å². The first-order valence-electron chi connectivity index (χ1n) is 17.3. The zero-order chi connectivity index (χ0) is 30.8. The van der Waals surface area contributed by atoms with Gasteiger partial charge in [-0.15, -0.1) is 0 Å². The SMILES string of the molecule is C[C@]12CC(N3CCN(C(=O)C4CCCN4C(=O)c4ccc(C#N)cc4)CC3)C(O)CC1CC[C@@H]1[C@H]2CC[C@]2(C)C(O)CC[C@@H]12. The van der Waals surface area contributed by atoms with Crippen LogP contribution in [0.1, 0.15) is 94.0 Å². The van der Waals surface area contributed by atoms with Crippen LogP contribution in [0.5, 0.6) is 0 Å². The van der Waals surface area contributed by atoms with Gasteiger partial charge in [-0.3, -0.25) is 14.5 Å². The maximum absolute atomic E-state index is 13.7. The predicted octanol–water partition coefficient (Wildman–Crippen LogP) is 4.05. The fourth-order valence-corrected chi connectivity index (χ4v) is 11.2. The van der Waals surface area contributed by atoms with Crippen molar-refractivity contribution >= 4 is 11.8 Å². The Balaban J connectivity index is 0.995. The maximum Gasteiger partial charge on any atom is 0.254 e. The van der Waals surface area contributed by atoms with Gasteiger partial charge in [-0.1, -0.05) is 13.8 Å². The van der Waals surface area contributed by atoms with Gasteiger partial charge >= 0.3 is 0 Å². The molecule has 6 aliphatic rings. The lowest BCUT2D eigenvalue weighted by Gasteiger charge is -2.62. The summed E-state index contributed by atoms with van der Waals surface area (Å²) in [5.41, 5.74) is 1.33. The van der Waals surface area contributed by atoms with Crippen LogP contribution in [0.3, 0.4) is 0 Å². The Hall–Kier alpha value is -2.47. The van der Waals surface area contributed by atoms with Gasteiger partial charge in [-0.25, -0.2) is 0 Å². The Morgan fingerprint density at radius 1 is 0.886 bits per heavy atom. The van der Waals surface area contributed by atoms with Crippen molar-refractivity contribution in [1.29, 1.82) is 5.26 Å². The smallest absolute Gasteiger partial charge is 0.254 e. The van der Waals surface area contributed by atoms with Crippen molar-refractivity contribution in [2.24, 2.45) is 34.5 Å². The van der Waals surface area contributed by atoms with Crippen molar-refractivity contribution in [2.75, 3.05) is 32.7 Å². The normalized spacial score (nSPS) is 42.2. The van der Waals surface area contributed by atoms with Crippen molar-refractivity contribution in [3.63, 3.8) is 0 Å². The van der Waals surface area contributed by atoms with Crippen molar-refractivity contribution < 1.29 is 19.8 Å². The Morgan fingerprint density at radius 2 is 1.61 bits per heavy atom. The van der Waals surface area contributed by atoms with E-state index in [1.807, 2.05) is 4.90 Å². The van der Waals surface area contributed by atoms with Crippen LogP contribution in [-0.2, 0) is 4.79 Å². The van der Waals surface area contributed by atoms with Gasteiger partial charge in [-0.2, -0.15) is 5.26 Å². The molecule has 238 valence electrons. The molecule has 8 heteroatoms. The summed E-state index contributed by atoms with van der Waals surface area (Å²) in [6.07, 6.45) is 9.82. The highest BCUT2D eigenvalue weighted by Crippen LogP contribution is 2.66. The topological polar surface area (TPSA) is 108 Å². The van der Waals surface area contributed by atoms with Gasteiger partial charge in [-0.05, 0) is 123 Å². The molecule has 2 heterocycles. The number of nitriles is 1. The molecule has 44 heavy (non-hydrogen) atoms. The summed E-state index contributed by atoms with van der Waals surface area (Å²) in [5, 5.41) is 31.4. The van der Waals surface area contributed by atoms with E-state index >= 15 is 0 Å². The molecule has 8 nitrogen and oxygen atoms in total. The average Bonchev–Trinajstić information content (AvgIpc) is 3.65. The molecule has 4 saturated carbocycles. The number of fused-ring (bicyclic) bond motifs is 5. The first-order chi connectivity index (χ1) is 21.1. The van der Waals surface area contributed by atoms with Gasteiger partial charge in [0.2, 0.25) is 5.91 Å². The fourth-order valence-electron chi connectivity index (χ4n) is 11.2. The monoisotopic (exact) mass is 602 g/mol. The molecule has 4 aliphatic carbocycles. The third kappa shape index (κ3) is 4.80. The molecule has 0 aromatic heterocycles. The zero-order valence-corrected chi connectivity index (χ0v) is 26.5. The fraction of sp³-hybridized carbons (Fsp3) is 0.750. The Morgan fingerprint density at radius 3 is 2.34 bits per heavy atom. The Bertz CT molecular complexity index is 1300. The Kier molecular flexibility index (Phi) is 7.83. The highest BCUT2D eigenvalue weighted by molar-refractivity contribution is 5.98. The van der Waals surface area contributed by atoms with Gasteiger partial charge in [0.25, 0.3) is 5.91 Å². The standard InChI is InChI=1S/C36H50N4O4/c1-35-14-13-28-26(27(35)11-12-32(35)42)10-9-25-20-31(41)30(21-36(25,28)2)38-16-18-39(19-17-38)34(44)29-4-3-15-40(29)33(43)24-7-5-23(22-37)6-8-24/h5-8,25-32,41-42H,3-4,9-21H2,1-2H3/t25?,26-,27-,28+,29?,30?,31?,32?,35-,36-/m0/s1. The number of amides is 2. The van der Waals surface area contributed by atoms with Crippen molar-refractivity contribution in [1.82, 2.24) is 14.7 Å². The van der Waals surface area contributed by atoms with Crippen LogP contribution in [-0.4, -0.2) is 93.7 Å². The summed E-state index contributed by atoms with van der Waals surface area (Å²) in [6, 6.07) is 8.43. The number of hydrogen-bond donors (Lipinski definition) is 2. The summed E-state index contributed by atoms with van der Waals surface area (Å²) in [6.45, 7) is 8.22. The average molecular weight is 603 g/mol. The number of likely N-dealkylation sites (tertiary alicyclic amines) is 1. The predicted molar refractivity (Wildman–Crippen MR) is 166 cm³/mol. The van der Waals surface area contributed by atoms with E-state index in [-0.39, 0.29) is 40.9 Å². The summed E-state index contributed by atoms with van der Waals surface area (Å²) >= 11 is 0. The van der Waals surface area contributed by atoms with E-state index in [2.05, 4.69) is 24.8 Å². The van der Waals surface area contributed by atoms with Crippen LogP contribution in [0.25, 0.3) is 0 Å². The largest absolute Gasteiger partial charge is 0.393 e. The number of nitrogens with zero attached hydrogens (tertiary/aromatic N) is 4. The minimum Gasteiger partial charge on any atom is -0.393 e. The molecule has 2 amide bonds. The number of hydrogen-bond acceptors (Lipinski definition) is 6. The number of aliphatic hydroxyl groups is 2. The third-order valence-electron chi connectivity index (χ3n) is 13.8. The van der Waals surface area contributed by atoms with Gasteiger partial charge < -0.3 is 20.0 Å². The molecule has 0 radical (unpaired) electrons. The second-order valence-electron chi connectivity index (χ2n) is 15.6. The van der Waals surface area contributed by atoms with Crippen molar-refractivity contribution in [2.45, 2.75) is 102 Å². The van der Waals surface area contributed by atoms with Crippen LogP contribution < -0.4 is 0 Å². The summed E-state index contributed by atoms with van der Waals surface area (Å²) in [4.78, 5) is 33.2. The van der Waals surface area contributed by atoms with E-state index in [9.17, 15) is 19.8 Å². The van der Waals surface area contributed by atoms with E-state index < -0.39 is 6.04 Å². The van der Waals surface area contributed by atoms with E-state index in [4.69, 9.17) is 5.26 Å². The van der Waals surface area contributed by atoms with Crippen LogP contribution in [0, 0.1) is 45.8 Å². The highest BCUT2D eigenvalue weighted by Gasteiger charge is 2.61. The van der Waals surface area contributed by atoms with Crippen LogP contribution in [0.15, 0.2) is 24.3 Å². The van der Waals surface area contributed by atoms with Crippen molar-refractivity contribution in [3.8, 4) is 6.07 Å². The zero-order valence-electron chi connectivity index (χ0n) is 26.5. The lowest BCUT2D eigenvalue weighted by atomic mass is 9.44. The molecule has 6 fully saturated rings. The summed E-state index contributed by atoms with van der Waals surface area (Å²) in [5.74, 6) is 2.46. The molecule has 0 spiro atoms.